The van der Waals surface area contributed by atoms with E-state index in [1.54, 1.807) is 0 Å². The van der Waals surface area contributed by atoms with E-state index in [1.807, 2.05) is 27.7 Å². The van der Waals surface area contributed by atoms with Gasteiger partial charge in [0, 0.05) is 19.4 Å². The van der Waals surface area contributed by atoms with E-state index in [0.29, 0.717) is 32.4 Å². The van der Waals surface area contributed by atoms with Crippen LogP contribution in [0.2, 0.25) is 0 Å². The molecule has 0 bridgehead atoms. The number of carbonyl (C=O) groups is 4. The van der Waals surface area contributed by atoms with E-state index in [4.69, 9.17) is 24.7 Å². The molecule has 46 heavy (non-hydrogen) atoms. The van der Waals surface area contributed by atoms with Gasteiger partial charge in [-0.1, -0.05) is 72.6 Å². The minimum Gasteiger partial charge on any atom is -0.462 e. The van der Waals surface area contributed by atoms with E-state index in [-0.39, 0.29) is 24.1 Å². The highest BCUT2D eigenvalue weighted by atomic mass is 19.4. The van der Waals surface area contributed by atoms with Crippen molar-refractivity contribution in [3.63, 3.8) is 0 Å². The number of esters is 2. The van der Waals surface area contributed by atoms with Crippen molar-refractivity contribution in [2.45, 2.75) is 182 Å². The number of alkyl halides is 3. The molecule has 0 aromatic rings. The molecule has 3 N–H and O–H groups in total. The van der Waals surface area contributed by atoms with Crippen LogP contribution < -0.4 is 11.1 Å². The largest absolute Gasteiger partial charge is 0.462 e. The molecule has 0 heterocycles. The molecule has 0 aliphatic carbocycles. The Hall–Kier alpha value is -2.37. The van der Waals surface area contributed by atoms with Crippen molar-refractivity contribution in [3.8, 4) is 0 Å². The van der Waals surface area contributed by atoms with Crippen molar-refractivity contribution < 1.29 is 46.6 Å². The monoisotopic (exact) mass is 670 g/mol. The number of aldehydes is 1. The first-order valence-electron chi connectivity index (χ1n) is 17.2. The van der Waals surface area contributed by atoms with Crippen LogP contribution in [0.3, 0.4) is 0 Å². The molecule has 0 saturated carbocycles. The molecule has 0 aliphatic rings. The lowest BCUT2D eigenvalue weighted by Gasteiger charge is -2.20. The molecule has 0 aromatic heterocycles. The number of rotatable bonds is 22. The number of hydrogen-bond donors (Lipinski definition) is 2. The van der Waals surface area contributed by atoms with Gasteiger partial charge in [0.25, 0.3) is 0 Å². The molecule has 0 fully saturated rings. The number of alkyl carbamates (subject to hydrolysis) is 1. The zero-order valence-corrected chi connectivity index (χ0v) is 29.7. The van der Waals surface area contributed by atoms with E-state index < -0.39 is 24.2 Å². The first kappa shape index (κ1) is 48.0. The van der Waals surface area contributed by atoms with Crippen LogP contribution in [0, 0.1) is 0 Å². The van der Waals surface area contributed by atoms with Gasteiger partial charge in [-0.3, -0.25) is 14.4 Å². The highest BCUT2D eigenvalue weighted by molar-refractivity contribution is 5.70. The molecule has 1 atom stereocenters. The Bertz CT molecular complexity index is 748. The van der Waals surface area contributed by atoms with Gasteiger partial charge in [0.05, 0.1) is 0 Å². The first-order valence-corrected chi connectivity index (χ1v) is 17.2. The van der Waals surface area contributed by atoms with E-state index in [1.165, 1.54) is 38.5 Å². The van der Waals surface area contributed by atoms with Crippen LogP contribution in [0.4, 0.5) is 18.0 Å². The summed E-state index contributed by atoms with van der Waals surface area (Å²) in [5.41, 5.74) is 4.78. The zero-order chi connectivity index (χ0) is 35.9. The van der Waals surface area contributed by atoms with Crippen molar-refractivity contribution in [1.29, 1.82) is 0 Å². The fraction of sp³-hybridized carbons (Fsp3) is 0.882. The van der Waals surface area contributed by atoms with Gasteiger partial charge in [-0.25, -0.2) is 4.79 Å². The van der Waals surface area contributed by atoms with Crippen molar-refractivity contribution >= 4 is 24.3 Å². The zero-order valence-electron chi connectivity index (χ0n) is 29.7. The Morgan fingerprint density at radius 2 is 1.20 bits per heavy atom. The smallest absolute Gasteiger partial charge is 0.446 e. The summed E-state index contributed by atoms with van der Waals surface area (Å²) in [6.07, 6.45) is 10.5. The standard InChI is InChI=1S/C22H43NO4.C10H21NO2.C2HF3O/c1-6-8-10-12-15-19(16-13-11-9-7-2)26-20(24)17-14-18-23-21(25)27-22(3,4)5;1-3-6-9(4-2)13-10(12)7-5-8-11;3-2(4,5)1-6/h19H,6-18H2,1-5H3,(H,23,25);9H,3-8,11H2,1-2H3;1H. The summed E-state index contributed by atoms with van der Waals surface area (Å²) < 4.78 is 47.4. The Balaban J connectivity index is -0.000000799. The van der Waals surface area contributed by atoms with Crippen molar-refractivity contribution in [3.05, 3.63) is 0 Å². The number of amides is 1. The summed E-state index contributed by atoms with van der Waals surface area (Å²) in [7, 11) is 0. The van der Waals surface area contributed by atoms with Crippen LogP contribution in [0.15, 0.2) is 0 Å². The molecular weight excluding hydrogens is 605 g/mol. The highest BCUT2D eigenvalue weighted by Gasteiger charge is 2.25. The molecule has 0 radical (unpaired) electrons. The van der Waals surface area contributed by atoms with Gasteiger partial charge in [0.15, 0.2) is 0 Å². The van der Waals surface area contributed by atoms with Gasteiger partial charge in [-0.05, 0) is 78.7 Å². The van der Waals surface area contributed by atoms with Crippen LogP contribution >= 0.6 is 0 Å². The number of ether oxygens (including phenoxy) is 3. The predicted octanol–water partition coefficient (Wildman–Crippen LogP) is 8.74. The quantitative estimate of drug-likeness (QED) is 0.0505. The number of carbonyl (C=O) groups excluding carboxylic acids is 4. The Kier molecular flexibility index (Phi) is 32.6. The van der Waals surface area contributed by atoms with Gasteiger partial charge >= 0.3 is 24.2 Å². The number of unbranched alkanes of at least 4 members (excludes halogenated alkanes) is 6. The highest BCUT2D eigenvalue weighted by Crippen LogP contribution is 2.16. The number of nitrogens with one attached hydrogen (secondary N) is 1. The van der Waals surface area contributed by atoms with Crippen LogP contribution in [-0.4, -0.2) is 61.4 Å². The Morgan fingerprint density at radius 1 is 0.717 bits per heavy atom. The van der Waals surface area contributed by atoms with Crippen LogP contribution in [-0.2, 0) is 28.6 Å². The molecule has 274 valence electrons. The molecule has 0 spiro atoms. The third-order valence-electron chi connectivity index (χ3n) is 6.37. The molecule has 1 unspecified atom stereocenters. The van der Waals surface area contributed by atoms with Gasteiger partial charge in [0.1, 0.15) is 17.8 Å². The first-order chi connectivity index (χ1) is 21.6. The fourth-order valence-corrected chi connectivity index (χ4v) is 4.00. The third-order valence-corrected chi connectivity index (χ3v) is 6.37. The average molecular weight is 671 g/mol. The van der Waals surface area contributed by atoms with Crippen LogP contribution in [0.5, 0.6) is 0 Å². The molecule has 9 nitrogen and oxygen atoms in total. The summed E-state index contributed by atoms with van der Waals surface area (Å²) in [5.74, 6) is -0.261. The number of nitrogens with two attached hydrogens (primary N) is 1. The molecule has 0 saturated heterocycles. The van der Waals surface area contributed by atoms with E-state index in [0.717, 1.165) is 51.4 Å². The normalized spacial score (nSPS) is 11.7. The maximum Gasteiger partial charge on any atom is 0.446 e. The third kappa shape index (κ3) is 39.7. The molecule has 0 aromatic carbocycles. The summed E-state index contributed by atoms with van der Waals surface area (Å²) in [5, 5.41) is 2.68. The fourth-order valence-electron chi connectivity index (χ4n) is 4.00. The molecule has 1 amide bonds. The van der Waals surface area contributed by atoms with Gasteiger partial charge < -0.3 is 25.3 Å². The molecule has 0 aliphatic heterocycles. The Labute approximate surface area is 276 Å². The summed E-state index contributed by atoms with van der Waals surface area (Å²) in [4.78, 5) is 43.6. The summed E-state index contributed by atoms with van der Waals surface area (Å²) >= 11 is 0. The second kappa shape index (κ2) is 31.2. The second-order valence-corrected chi connectivity index (χ2v) is 12.2. The molecular formula is C34H65F3N2O7. The molecule has 12 heteroatoms. The van der Waals surface area contributed by atoms with E-state index >= 15 is 0 Å². The maximum atomic E-state index is 12.1. The van der Waals surface area contributed by atoms with Crippen molar-refractivity contribution in [2.24, 2.45) is 5.73 Å². The Morgan fingerprint density at radius 3 is 1.59 bits per heavy atom. The minimum absolute atomic E-state index is 0.0463. The minimum atomic E-state index is -4.64. The topological polar surface area (TPSA) is 134 Å². The lowest BCUT2D eigenvalue weighted by Crippen LogP contribution is -2.33. The average Bonchev–Trinajstić information content (AvgIpc) is 2.97. The number of halogens is 3. The van der Waals surface area contributed by atoms with Crippen LogP contribution in [0.25, 0.3) is 0 Å². The lowest BCUT2D eigenvalue weighted by molar-refractivity contribution is -0.156. The summed E-state index contributed by atoms with van der Waals surface area (Å²) in [6.45, 7) is 15.0. The number of hydrogen-bond acceptors (Lipinski definition) is 8. The van der Waals surface area contributed by atoms with Crippen molar-refractivity contribution in [2.75, 3.05) is 13.1 Å². The lowest BCUT2D eigenvalue weighted by atomic mass is 10.0. The van der Waals surface area contributed by atoms with Crippen LogP contribution in [0.1, 0.15) is 158 Å². The van der Waals surface area contributed by atoms with Gasteiger partial charge in [-0.2, -0.15) is 13.2 Å². The van der Waals surface area contributed by atoms with Gasteiger partial charge in [0.2, 0.25) is 6.29 Å². The van der Waals surface area contributed by atoms with Gasteiger partial charge in [-0.15, -0.1) is 0 Å². The second-order valence-electron chi connectivity index (χ2n) is 12.2. The molecule has 0 rings (SSSR count). The van der Waals surface area contributed by atoms with Crippen molar-refractivity contribution in [1.82, 2.24) is 5.32 Å². The van der Waals surface area contributed by atoms with E-state index in [9.17, 15) is 27.6 Å². The predicted molar refractivity (Wildman–Crippen MR) is 176 cm³/mol. The summed E-state index contributed by atoms with van der Waals surface area (Å²) in [6, 6.07) is 0. The SMILES string of the molecule is CCCC(CC)OC(=O)CCCN.CCCCCCC(CCCCCC)OC(=O)CCCNC(=O)OC(C)(C)C.O=CC(F)(F)F. The maximum absolute atomic E-state index is 12.1. The van der Waals surface area contributed by atoms with E-state index in [2.05, 4.69) is 26.1 Å².